The van der Waals surface area contributed by atoms with Crippen molar-refractivity contribution in [2.75, 3.05) is 13.2 Å². The Labute approximate surface area is 167 Å². The Bertz CT molecular complexity index is 215. The molecule has 0 rings (SSSR count). The fraction of sp³-hybridized carbons (Fsp3) is 1.00. The summed E-state index contributed by atoms with van der Waals surface area (Å²) in [4.78, 5) is 9.92. The van der Waals surface area contributed by atoms with E-state index >= 15 is 0 Å². The van der Waals surface area contributed by atoms with Gasteiger partial charge >= 0.3 is 0 Å². The molecule has 0 aromatic heterocycles. The van der Waals surface area contributed by atoms with Crippen LogP contribution in [0.5, 0.6) is 0 Å². The first-order valence-corrected chi connectivity index (χ1v) is 12.2. The first-order chi connectivity index (χ1) is 12.9. The lowest BCUT2D eigenvalue weighted by Gasteiger charge is -2.04. The van der Waals surface area contributed by atoms with Crippen LogP contribution in [-0.4, -0.2) is 23.5 Å². The Hall–Kier alpha value is 0.0969. The standard InChI is InChI=1S/C22H45O3Si/c1-2-3-4-5-6-7-8-9-10-11-12-13-14-15-16-17-20-23-25-24-21-18-19-22-26/h2-22H2,1H3. The molecule has 0 spiro atoms. The third-order valence-electron chi connectivity index (χ3n) is 4.83. The van der Waals surface area contributed by atoms with E-state index in [1.807, 2.05) is 0 Å². The highest BCUT2D eigenvalue weighted by molar-refractivity contribution is 6.08. The number of hydrogen-bond donors (Lipinski definition) is 0. The van der Waals surface area contributed by atoms with Gasteiger partial charge in [0.25, 0.3) is 0 Å². The molecule has 0 unspecified atom stereocenters. The van der Waals surface area contributed by atoms with Crippen LogP contribution in [0.1, 0.15) is 122 Å². The summed E-state index contributed by atoms with van der Waals surface area (Å²) < 4.78 is 0. The van der Waals surface area contributed by atoms with Crippen molar-refractivity contribution in [3.63, 3.8) is 0 Å². The third kappa shape index (κ3) is 24.1. The van der Waals surface area contributed by atoms with Crippen molar-refractivity contribution in [2.45, 2.75) is 129 Å². The maximum absolute atomic E-state index is 5.00. The zero-order valence-corrected chi connectivity index (χ0v) is 18.6. The highest BCUT2D eigenvalue weighted by Crippen LogP contribution is 2.13. The maximum atomic E-state index is 5.00. The smallest absolute Gasteiger partial charge is 0.0853 e. The molecule has 0 aliphatic carbocycles. The van der Waals surface area contributed by atoms with Gasteiger partial charge in [-0.15, -0.1) is 0 Å². The van der Waals surface area contributed by atoms with E-state index in [1.54, 1.807) is 0 Å². The van der Waals surface area contributed by atoms with Crippen molar-refractivity contribution in [1.82, 2.24) is 0 Å². The summed E-state index contributed by atoms with van der Waals surface area (Å²) >= 11 is 0. The summed E-state index contributed by atoms with van der Waals surface area (Å²) in [5.74, 6) is 0. The summed E-state index contributed by atoms with van der Waals surface area (Å²) in [5, 5.41) is 4.69. The van der Waals surface area contributed by atoms with Crippen LogP contribution in [0.25, 0.3) is 0 Å². The fourth-order valence-corrected chi connectivity index (χ4v) is 3.35. The maximum Gasteiger partial charge on any atom is 0.0853 e. The lowest BCUT2D eigenvalue weighted by atomic mass is 10.0. The molecule has 0 saturated carbocycles. The molecule has 4 heteroatoms. The average Bonchev–Trinajstić information content (AvgIpc) is 2.66. The van der Waals surface area contributed by atoms with E-state index in [-0.39, 0.29) is 0 Å². The van der Waals surface area contributed by atoms with Crippen LogP contribution in [0.3, 0.4) is 0 Å². The van der Waals surface area contributed by atoms with Crippen molar-refractivity contribution in [2.24, 2.45) is 0 Å². The molecule has 0 aromatic carbocycles. The molecule has 3 radical (unpaired) electrons. The third-order valence-corrected chi connectivity index (χ3v) is 5.19. The normalized spacial score (nSPS) is 11.3. The molecule has 0 bridgehead atoms. The Balaban J connectivity index is 2.95. The highest BCUT2D eigenvalue weighted by atomic mass is 28.1. The Morgan fingerprint density at radius 1 is 0.462 bits per heavy atom. The van der Waals surface area contributed by atoms with Crippen LogP contribution in [-0.2, 0) is 14.8 Å². The van der Waals surface area contributed by atoms with Gasteiger partial charge in [0.05, 0.1) is 13.2 Å². The molecule has 0 heterocycles. The highest BCUT2D eigenvalue weighted by Gasteiger charge is 1.95. The molecule has 0 N–H and O–H groups in total. The van der Waals surface area contributed by atoms with Gasteiger partial charge in [-0.05, 0) is 12.8 Å². The van der Waals surface area contributed by atoms with Crippen molar-refractivity contribution < 1.29 is 14.8 Å². The quantitative estimate of drug-likeness (QED) is 0.0788. The monoisotopic (exact) mass is 385 g/mol. The van der Waals surface area contributed by atoms with Crippen molar-refractivity contribution >= 4 is 10.2 Å². The first kappa shape index (κ1) is 26.1. The largest absolute Gasteiger partial charge is 0.206 e. The van der Waals surface area contributed by atoms with Crippen LogP contribution >= 0.6 is 0 Å². The van der Waals surface area contributed by atoms with Crippen molar-refractivity contribution in [3.05, 3.63) is 0 Å². The zero-order chi connectivity index (χ0) is 19.0. The van der Waals surface area contributed by atoms with Crippen LogP contribution in [0, 0.1) is 0 Å². The summed E-state index contributed by atoms with van der Waals surface area (Å²) in [5.41, 5.74) is 0. The molecule has 3 nitrogen and oxygen atoms in total. The number of unbranched alkanes of at least 4 members (excludes halogenated alkanes) is 16. The van der Waals surface area contributed by atoms with Gasteiger partial charge in [0.2, 0.25) is 0 Å². The zero-order valence-electron chi connectivity index (χ0n) is 17.6. The van der Waals surface area contributed by atoms with Crippen LogP contribution < -0.4 is 0 Å². The molecule has 0 aromatic rings. The molecule has 26 heavy (non-hydrogen) atoms. The molecule has 0 amide bonds. The van der Waals surface area contributed by atoms with Gasteiger partial charge in [-0.2, -0.15) is 0 Å². The molecule has 155 valence electrons. The van der Waals surface area contributed by atoms with Gasteiger partial charge < -0.3 is 0 Å². The minimum Gasteiger partial charge on any atom is -0.206 e. The molecule has 0 fully saturated rings. The lowest BCUT2D eigenvalue weighted by Crippen LogP contribution is -2.00. The molecule has 0 aliphatic heterocycles. The molecule has 0 saturated heterocycles. The summed E-state index contributed by atoms with van der Waals surface area (Å²) in [6, 6.07) is 1.00. The first-order valence-electron chi connectivity index (χ1n) is 11.5. The summed E-state index contributed by atoms with van der Waals surface area (Å²) in [6.45, 7) is 3.52. The second-order valence-corrected chi connectivity index (χ2v) is 7.97. The predicted molar refractivity (Wildman–Crippen MR) is 112 cm³/mol. The second-order valence-electron chi connectivity index (χ2n) is 7.47. The van der Waals surface area contributed by atoms with E-state index in [0.717, 1.165) is 25.3 Å². The van der Waals surface area contributed by atoms with Crippen molar-refractivity contribution in [3.8, 4) is 0 Å². The van der Waals surface area contributed by atoms with E-state index in [0.29, 0.717) is 13.2 Å². The second kappa shape index (κ2) is 25.1. The lowest BCUT2D eigenvalue weighted by molar-refractivity contribution is -0.512. The topological polar surface area (TPSA) is 27.7 Å². The van der Waals surface area contributed by atoms with E-state index in [1.165, 1.54) is 96.3 Å². The van der Waals surface area contributed by atoms with Crippen LogP contribution in [0.15, 0.2) is 0 Å². The minimum atomic E-state index is 0.601. The van der Waals surface area contributed by atoms with Gasteiger partial charge in [0.15, 0.2) is 0 Å². The van der Waals surface area contributed by atoms with Gasteiger partial charge in [0, 0.05) is 10.2 Å². The van der Waals surface area contributed by atoms with Crippen molar-refractivity contribution in [1.29, 1.82) is 0 Å². The number of hydrogen-bond acceptors (Lipinski definition) is 3. The molecular formula is C22H45O3Si. The Morgan fingerprint density at radius 2 is 0.808 bits per heavy atom. The SMILES string of the molecule is CCCCCCCCCCCCCCCCCCOOOCCCC[Si]. The molecule has 0 atom stereocenters. The predicted octanol–water partition coefficient (Wildman–Crippen LogP) is 7.49. The van der Waals surface area contributed by atoms with Gasteiger partial charge in [-0.25, -0.2) is 9.78 Å². The van der Waals surface area contributed by atoms with Gasteiger partial charge in [0.1, 0.15) is 0 Å². The van der Waals surface area contributed by atoms with Crippen LogP contribution in [0.4, 0.5) is 0 Å². The Kier molecular flexibility index (Phi) is 25.2. The molecular weight excluding hydrogens is 340 g/mol. The van der Waals surface area contributed by atoms with E-state index in [9.17, 15) is 0 Å². The molecule has 0 aliphatic rings. The van der Waals surface area contributed by atoms with Gasteiger partial charge in [-0.3, -0.25) is 0 Å². The van der Waals surface area contributed by atoms with E-state index < -0.39 is 0 Å². The number of rotatable bonds is 23. The van der Waals surface area contributed by atoms with E-state index in [4.69, 9.17) is 9.78 Å². The summed E-state index contributed by atoms with van der Waals surface area (Å²) in [6.07, 6.45) is 24.2. The average molecular weight is 386 g/mol. The van der Waals surface area contributed by atoms with Crippen LogP contribution in [0.2, 0.25) is 6.04 Å². The minimum absolute atomic E-state index is 0.601. The summed E-state index contributed by atoms with van der Waals surface area (Å²) in [7, 11) is 3.43. The van der Waals surface area contributed by atoms with E-state index in [2.05, 4.69) is 22.2 Å². The van der Waals surface area contributed by atoms with Gasteiger partial charge in [-0.1, -0.05) is 121 Å². The Morgan fingerprint density at radius 3 is 1.19 bits per heavy atom. The fourth-order valence-electron chi connectivity index (χ4n) is 3.10.